The van der Waals surface area contributed by atoms with Gasteiger partial charge in [0, 0.05) is 44.3 Å². The second-order valence-electron chi connectivity index (χ2n) is 9.91. The number of imidazole rings is 1. The lowest BCUT2D eigenvalue weighted by molar-refractivity contribution is 0.249. The van der Waals surface area contributed by atoms with Gasteiger partial charge in [-0.1, -0.05) is 72.2 Å². The second kappa shape index (κ2) is 9.92. The highest BCUT2D eigenvalue weighted by Crippen LogP contribution is 2.35. The summed E-state index contributed by atoms with van der Waals surface area (Å²) in [6.45, 7) is 6.66. The number of anilines is 2. The first kappa shape index (κ1) is 23.0. The number of benzene rings is 2. The summed E-state index contributed by atoms with van der Waals surface area (Å²) < 4.78 is 2.03. The van der Waals surface area contributed by atoms with E-state index < -0.39 is 0 Å². The number of nitrogens with zero attached hydrogens (tertiary/aromatic N) is 6. The molecule has 2 aromatic carbocycles. The molecule has 4 aromatic rings. The van der Waals surface area contributed by atoms with Gasteiger partial charge in [-0.05, 0) is 31.4 Å². The van der Waals surface area contributed by atoms with Crippen molar-refractivity contribution in [2.75, 3.05) is 36.4 Å². The Morgan fingerprint density at radius 1 is 1.03 bits per heavy atom. The molecule has 1 aliphatic carbocycles. The van der Waals surface area contributed by atoms with Crippen LogP contribution in [0, 0.1) is 18.3 Å². The number of hydrogen-bond acceptors (Lipinski definition) is 7. The van der Waals surface area contributed by atoms with E-state index in [2.05, 4.69) is 58.4 Å². The topological polar surface area (TPSA) is 72.5 Å². The van der Waals surface area contributed by atoms with Gasteiger partial charge in [0.15, 0.2) is 5.82 Å². The van der Waals surface area contributed by atoms with Crippen LogP contribution in [0.4, 0.5) is 10.9 Å². The first-order valence-corrected chi connectivity index (χ1v) is 13.7. The first-order valence-electron chi connectivity index (χ1n) is 12.9. The molecule has 0 bridgehead atoms. The van der Waals surface area contributed by atoms with Crippen LogP contribution in [-0.2, 0) is 6.54 Å². The molecule has 1 saturated carbocycles. The van der Waals surface area contributed by atoms with Gasteiger partial charge in [0.25, 0.3) is 0 Å². The van der Waals surface area contributed by atoms with Crippen LogP contribution in [0.5, 0.6) is 0 Å². The molecule has 7 nitrogen and oxygen atoms in total. The molecular weight excluding hydrogens is 466 g/mol. The van der Waals surface area contributed by atoms with Gasteiger partial charge in [0.2, 0.25) is 10.1 Å². The number of aromatic nitrogens is 3. The standard InChI is InChI=1S/C28H31N7S/c1-20-10-12-21(13-11-20)25-26(30-24-8-4-5-9-24)35-27(31-25)36-28(32-35)34-16-14-33(15-17-34)19-23-7-3-2-6-22(23)18-29/h2-3,6-7,10-13,24,30H,4-5,8-9,14-17,19H2,1H3. The van der Waals surface area contributed by atoms with E-state index in [0.29, 0.717) is 6.04 Å². The van der Waals surface area contributed by atoms with Crippen molar-refractivity contribution in [2.24, 2.45) is 0 Å². The summed E-state index contributed by atoms with van der Waals surface area (Å²) in [6, 6.07) is 19.3. The van der Waals surface area contributed by atoms with Crippen LogP contribution in [0.3, 0.4) is 0 Å². The summed E-state index contributed by atoms with van der Waals surface area (Å²) in [5.74, 6) is 1.02. The zero-order valence-electron chi connectivity index (χ0n) is 20.7. The highest BCUT2D eigenvalue weighted by Gasteiger charge is 2.25. The molecular formula is C28H31N7S. The van der Waals surface area contributed by atoms with Crippen molar-refractivity contribution in [1.29, 1.82) is 5.26 Å². The van der Waals surface area contributed by atoms with E-state index in [-0.39, 0.29) is 0 Å². The van der Waals surface area contributed by atoms with Gasteiger partial charge in [-0.2, -0.15) is 9.78 Å². The maximum Gasteiger partial charge on any atom is 0.216 e. The molecule has 8 heteroatoms. The SMILES string of the molecule is Cc1ccc(-c2nc3sc(N4CCN(Cc5ccccc5C#N)CC4)nn3c2NC2CCCC2)cc1. The van der Waals surface area contributed by atoms with E-state index in [1.807, 2.05) is 22.7 Å². The quantitative estimate of drug-likeness (QED) is 0.389. The number of nitrogens with one attached hydrogen (secondary N) is 1. The minimum Gasteiger partial charge on any atom is -0.365 e. The lowest BCUT2D eigenvalue weighted by atomic mass is 10.1. The highest BCUT2D eigenvalue weighted by molar-refractivity contribution is 7.20. The molecule has 2 aromatic heterocycles. The van der Waals surface area contributed by atoms with Crippen LogP contribution >= 0.6 is 11.3 Å². The Kier molecular flexibility index (Phi) is 6.34. The minimum atomic E-state index is 0.485. The Hall–Kier alpha value is -3.41. The lowest BCUT2D eigenvalue weighted by Crippen LogP contribution is -2.46. The van der Waals surface area contributed by atoms with Crippen molar-refractivity contribution in [3.05, 3.63) is 65.2 Å². The molecule has 0 radical (unpaired) electrons. The molecule has 1 saturated heterocycles. The molecule has 0 atom stereocenters. The predicted molar refractivity (Wildman–Crippen MR) is 146 cm³/mol. The monoisotopic (exact) mass is 497 g/mol. The zero-order valence-corrected chi connectivity index (χ0v) is 21.5. The van der Waals surface area contributed by atoms with Crippen LogP contribution < -0.4 is 10.2 Å². The summed E-state index contributed by atoms with van der Waals surface area (Å²) in [4.78, 5) is 10.8. The largest absolute Gasteiger partial charge is 0.365 e. The Labute approximate surface area is 216 Å². The molecule has 0 unspecified atom stereocenters. The average molecular weight is 498 g/mol. The van der Waals surface area contributed by atoms with Crippen molar-refractivity contribution in [3.8, 4) is 17.3 Å². The molecule has 2 aliphatic rings. The molecule has 3 heterocycles. The minimum absolute atomic E-state index is 0.485. The van der Waals surface area contributed by atoms with Crippen molar-refractivity contribution < 1.29 is 0 Å². The van der Waals surface area contributed by atoms with Gasteiger partial charge < -0.3 is 10.2 Å². The van der Waals surface area contributed by atoms with Gasteiger partial charge in [0.05, 0.1) is 11.6 Å². The maximum atomic E-state index is 9.41. The number of nitriles is 1. The fraction of sp³-hybridized carbons (Fsp3) is 0.393. The number of aryl methyl sites for hydroxylation is 1. The van der Waals surface area contributed by atoms with E-state index in [1.54, 1.807) is 11.3 Å². The maximum absolute atomic E-state index is 9.41. The molecule has 0 amide bonds. The molecule has 6 rings (SSSR count). The van der Waals surface area contributed by atoms with E-state index in [0.717, 1.165) is 71.0 Å². The van der Waals surface area contributed by atoms with Crippen LogP contribution in [0.1, 0.15) is 42.4 Å². The third-order valence-electron chi connectivity index (χ3n) is 7.39. The van der Waals surface area contributed by atoms with Gasteiger partial charge in [0.1, 0.15) is 5.69 Å². The van der Waals surface area contributed by atoms with Gasteiger partial charge in [-0.3, -0.25) is 4.90 Å². The summed E-state index contributed by atoms with van der Waals surface area (Å²) in [6.07, 6.45) is 4.97. The Morgan fingerprint density at radius 2 is 1.78 bits per heavy atom. The molecule has 184 valence electrons. The van der Waals surface area contributed by atoms with E-state index in [1.165, 1.54) is 31.2 Å². The van der Waals surface area contributed by atoms with Crippen molar-refractivity contribution >= 4 is 27.2 Å². The van der Waals surface area contributed by atoms with E-state index >= 15 is 0 Å². The fourth-order valence-electron chi connectivity index (χ4n) is 5.28. The van der Waals surface area contributed by atoms with Crippen molar-refractivity contribution in [1.82, 2.24) is 19.5 Å². The summed E-state index contributed by atoms with van der Waals surface area (Å²) in [7, 11) is 0. The summed E-state index contributed by atoms with van der Waals surface area (Å²) in [5, 5.41) is 19.3. The number of fused-ring (bicyclic) bond motifs is 1. The van der Waals surface area contributed by atoms with E-state index in [4.69, 9.17) is 10.1 Å². The summed E-state index contributed by atoms with van der Waals surface area (Å²) in [5.41, 5.74) is 5.25. The Bertz CT molecular complexity index is 1380. The number of rotatable bonds is 6. The Morgan fingerprint density at radius 3 is 2.53 bits per heavy atom. The zero-order chi connectivity index (χ0) is 24.5. The first-order chi connectivity index (χ1) is 17.7. The number of hydrogen-bond donors (Lipinski definition) is 1. The third-order valence-corrected chi connectivity index (χ3v) is 8.36. The van der Waals surface area contributed by atoms with Crippen LogP contribution in [-0.4, -0.2) is 51.7 Å². The molecule has 1 aliphatic heterocycles. The van der Waals surface area contributed by atoms with Crippen LogP contribution in [0.15, 0.2) is 48.5 Å². The smallest absolute Gasteiger partial charge is 0.216 e. The van der Waals surface area contributed by atoms with E-state index in [9.17, 15) is 5.26 Å². The van der Waals surface area contributed by atoms with Crippen LogP contribution in [0.2, 0.25) is 0 Å². The molecule has 0 spiro atoms. The molecule has 1 N–H and O–H groups in total. The normalized spacial score (nSPS) is 17.1. The van der Waals surface area contributed by atoms with Crippen molar-refractivity contribution in [3.63, 3.8) is 0 Å². The van der Waals surface area contributed by atoms with Crippen molar-refractivity contribution in [2.45, 2.75) is 45.2 Å². The van der Waals surface area contributed by atoms with Gasteiger partial charge in [-0.25, -0.2) is 4.98 Å². The molecule has 36 heavy (non-hydrogen) atoms. The second-order valence-corrected chi connectivity index (χ2v) is 10.8. The lowest BCUT2D eigenvalue weighted by Gasteiger charge is -2.34. The fourth-order valence-corrected chi connectivity index (χ4v) is 6.23. The third kappa shape index (κ3) is 4.57. The van der Waals surface area contributed by atoms with Gasteiger partial charge in [-0.15, -0.1) is 5.10 Å². The summed E-state index contributed by atoms with van der Waals surface area (Å²) >= 11 is 1.67. The average Bonchev–Trinajstić information content (AvgIpc) is 3.64. The van der Waals surface area contributed by atoms with Crippen LogP contribution in [0.25, 0.3) is 16.2 Å². The highest BCUT2D eigenvalue weighted by atomic mass is 32.1. The Balaban J connectivity index is 1.22. The number of piperazine rings is 1. The van der Waals surface area contributed by atoms with Gasteiger partial charge >= 0.3 is 0 Å². The molecule has 2 fully saturated rings. The predicted octanol–water partition coefficient (Wildman–Crippen LogP) is 5.31.